The van der Waals surface area contributed by atoms with Gasteiger partial charge in [0.2, 0.25) is 0 Å². The lowest BCUT2D eigenvalue weighted by atomic mass is 9.95. The number of likely N-dealkylation sites (tertiary alicyclic amines) is 1. The lowest BCUT2D eigenvalue weighted by Crippen LogP contribution is -2.32. The Morgan fingerprint density at radius 2 is 1.87 bits per heavy atom. The largest absolute Gasteiger partial charge is 0.507 e. The van der Waals surface area contributed by atoms with Crippen LogP contribution in [0.4, 0.5) is 4.39 Å². The van der Waals surface area contributed by atoms with Gasteiger partial charge < -0.3 is 19.5 Å². The van der Waals surface area contributed by atoms with E-state index < -0.39 is 23.5 Å². The van der Waals surface area contributed by atoms with Crippen molar-refractivity contribution in [1.29, 1.82) is 0 Å². The molecule has 1 unspecified atom stereocenters. The molecule has 1 aliphatic heterocycles. The van der Waals surface area contributed by atoms with E-state index in [1.54, 1.807) is 24.3 Å². The van der Waals surface area contributed by atoms with Gasteiger partial charge in [0.1, 0.15) is 17.3 Å². The number of ketones is 1. The first-order valence-electron chi connectivity index (χ1n) is 9.74. The summed E-state index contributed by atoms with van der Waals surface area (Å²) >= 11 is 0. The van der Waals surface area contributed by atoms with Crippen molar-refractivity contribution in [2.75, 3.05) is 26.9 Å². The maximum atomic E-state index is 13.3. The number of hydrogen-bond donors (Lipinski definition) is 1. The molecule has 0 saturated carbocycles. The van der Waals surface area contributed by atoms with Crippen LogP contribution in [-0.2, 0) is 14.3 Å². The SMILES string of the molecule is CCCOc1cccc(C2/C(=C(\O)c3ccc(F)cc3)C(=O)C(=O)N2CCOC)c1. The van der Waals surface area contributed by atoms with Crippen LogP contribution in [0.15, 0.2) is 54.1 Å². The Morgan fingerprint density at radius 1 is 1.13 bits per heavy atom. The fourth-order valence-corrected chi connectivity index (χ4v) is 3.40. The van der Waals surface area contributed by atoms with Gasteiger partial charge in [-0.25, -0.2) is 4.39 Å². The monoisotopic (exact) mass is 413 g/mol. The molecule has 1 amide bonds. The predicted molar refractivity (Wildman–Crippen MR) is 110 cm³/mol. The van der Waals surface area contributed by atoms with Crippen molar-refractivity contribution in [3.63, 3.8) is 0 Å². The van der Waals surface area contributed by atoms with E-state index in [-0.39, 0.29) is 30.0 Å². The summed E-state index contributed by atoms with van der Waals surface area (Å²) in [5.74, 6) is -1.73. The van der Waals surface area contributed by atoms with Crippen molar-refractivity contribution in [3.8, 4) is 5.75 Å². The van der Waals surface area contributed by atoms with Gasteiger partial charge >= 0.3 is 0 Å². The van der Waals surface area contributed by atoms with Crippen LogP contribution in [0.2, 0.25) is 0 Å². The zero-order valence-electron chi connectivity index (χ0n) is 16.9. The molecular formula is C23H24FNO5. The van der Waals surface area contributed by atoms with E-state index in [0.717, 1.165) is 6.42 Å². The highest BCUT2D eigenvalue weighted by atomic mass is 19.1. The number of carbonyl (C=O) groups excluding carboxylic acids is 2. The molecule has 6 nitrogen and oxygen atoms in total. The topological polar surface area (TPSA) is 76.1 Å². The Kier molecular flexibility index (Phi) is 6.84. The Morgan fingerprint density at radius 3 is 2.53 bits per heavy atom. The van der Waals surface area contributed by atoms with Crippen LogP contribution in [0, 0.1) is 5.82 Å². The second-order valence-corrected chi connectivity index (χ2v) is 6.91. The van der Waals surface area contributed by atoms with Gasteiger partial charge in [0.05, 0.1) is 24.8 Å². The minimum absolute atomic E-state index is 0.0460. The number of Topliss-reactive ketones (excluding diaryl/α,β-unsaturated/α-hetero) is 1. The smallest absolute Gasteiger partial charge is 0.295 e. The first-order valence-corrected chi connectivity index (χ1v) is 9.74. The van der Waals surface area contributed by atoms with E-state index in [2.05, 4.69) is 0 Å². The summed E-state index contributed by atoms with van der Waals surface area (Å²) in [6.07, 6.45) is 0.834. The number of benzene rings is 2. The second-order valence-electron chi connectivity index (χ2n) is 6.91. The summed E-state index contributed by atoms with van der Waals surface area (Å²) in [5, 5.41) is 10.9. The van der Waals surface area contributed by atoms with Gasteiger partial charge in [0, 0.05) is 19.2 Å². The first kappa shape index (κ1) is 21.5. The molecule has 3 rings (SSSR count). The quantitative estimate of drug-likeness (QED) is 0.406. The number of carbonyl (C=O) groups is 2. The van der Waals surface area contributed by atoms with Crippen LogP contribution < -0.4 is 4.74 Å². The number of hydrogen-bond acceptors (Lipinski definition) is 5. The Bertz CT molecular complexity index is 954. The molecule has 158 valence electrons. The molecule has 1 heterocycles. The zero-order chi connectivity index (χ0) is 21.7. The normalized spacial score (nSPS) is 18.1. The molecule has 0 radical (unpaired) electrons. The van der Waals surface area contributed by atoms with Crippen LogP contribution in [0.5, 0.6) is 5.75 Å². The van der Waals surface area contributed by atoms with Gasteiger partial charge in [-0.15, -0.1) is 0 Å². The predicted octanol–water partition coefficient (Wildman–Crippen LogP) is 3.68. The third-order valence-corrected chi connectivity index (χ3v) is 4.84. The van der Waals surface area contributed by atoms with E-state index in [9.17, 15) is 19.1 Å². The molecule has 7 heteroatoms. The van der Waals surface area contributed by atoms with Crippen molar-refractivity contribution in [2.24, 2.45) is 0 Å². The molecule has 1 fully saturated rings. The molecule has 1 saturated heterocycles. The lowest BCUT2D eigenvalue weighted by molar-refractivity contribution is -0.140. The van der Waals surface area contributed by atoms with Crippen molar-refractivity contribution < 1.29 is 28.6 Å². The van der Waals surface area contributed by atoms with E-state index in [0.29, 0.717) is 17.9 Å². The molecule has 0 aliphatic carbocycles. The highest BCUT2D eigenvalue weighted by Crippen LogP contribution is 2.40. The van der Waals surface area contributed by atoms with E-state index in [1.165, 1.54) is 36.3 Å². The van der Waals surface area contributed by atoms with Gasteiger partial charge in [-0.1, -0.05) is 19.1 Å². The number of ether oxygens (including phenoxy) is 2. The van der Waals surface area contributed by atoms with Crippen LogP contribution in [-0.4, -0.2) is 48.6 Å². The third kappa shape index (κ3) is 4.36. The van der Waals surface area contributed by atoms with Gasteiger partial charge in [0.25, 0.3) is 11.7 Å². The molecule has 30 heavy (non-hydrogen) atoms. The van der Waals surface area contributed by atoms with Crippen LogP contribution >= 0.6 is 0 Å². The number of aliphatic hydroxyl groups excluding tert-OH is 1. The molecule has 2 aromatic rings. The molecule has 1 aliphatic rings. The highest BCUT2D eigenvalue weighted by molar-refractivity contribution is 6.46. The van der Waals surface area contributed by atoms with E-state index >= 15 is 0 Å². The summed E-state index contributed by atoms with van der Waals surface area (Å²) < 4.78 is 24.1. The number of nitrogens with zero attached hydrogens (tertiary/aromatic N) is 1. The maximum Gasteiger partial charge on any atom is 0.295 e. The molecule has 0 aromatic heterocycles. The molecule has 2 aromatic carbocycles. The molecule has 0 bridgehead atoms. The standard InChI is InChI=1S/C23H24FNO5/c1-3-12-30-18-6-4-5-16(14-18)20-19(21(26)15-7-9-17(24)10-8-15)22(27)23(28)25(20)11-13-29-2/h4-10,14,20,26H,3,11-13H2,1-2H3/b21-19+. The third-order valence-electron chi connectivity index (χ3n) is 4.84. The Labute approximate surface area is 174 Å². The first-order chi connectivity index (χ1) is 14.5. The molecule has 1 atom stereocenters. The summed E-state index contributed by atoms with van der Waals surface area (Å²) in [6, 6.07) is 11.4. The lowest BCUT2D eigenvalue weighted by Gasteiger charge is -2.25. The average molecular weight is 413 g/mol. The fourth-order valence-electron chi connectivity index (χ4n) is 3.40. The summed E-state index contributed by atoms with van der Waals surface area (Å²) in [6.45, 7) is 2.92. The molecule has 1 N–H and O–H groups in total. The van der Waals surface area contributed by atoms with Gasteiger partial charge in [-0.2, -0.15) is 0 Å². The second kappa shape index (κ2) is 9.54. The minimum Gasteiger partial charge on any atom is -0.507 e. The van der Waals surface area contributed by atoms with Crippen LogP contribution in [0.3, 0.4) is 0 Å². The van der Waals surface area contributed by atoms with Crippen molar-refractivity contribution in [1.82, 2.24) is 4.90 Å². The van der Waals surface area contributed by atoms with E-state index in [4.69, 9.17) is 9.47 Å². The van der Waals surface area contributed by atoms with Crippen LogP contribution in [0.1, 0.15) is 30.5 Å². The van der Waals surface area contributed by atoms with E-state index in [1.807, 2.05) is 6.92 Å². The van der Waals surface area contributed by atoms with Crippen molar-refractivity contribution in [3.05, 3.63) is 71.0 Å². The van der Waals surface area contributed by atoms with Gasteiger partial charge in [0.15, 0.2) is 0 Å². The average Bonchev–Trinajstić information content (AvgIpc) is 3.01. The Balaban J connectivity index is 2.11. The van der Waals surface area contributed by atoms with Gasteiger partial charge in [-0.3, -0.25) is 9.59 Å². The van der Waals surface area contributed by atoms with Crippen LogP contribution in [0.25, 0.3) is 5.76 Å². The number of rotatable bonds is 8. The van der Waals surface area contributed by atoms with Crippen molar-refractivity contribution >= 4 is 17.4 Å². The summed E-state index contributed by atoms with van der Waals surface area (Å²) in [7, 11) is 1.50. The summed E-state index contributed by atoms with van der Waals surface area (Å²) in [5.41, 5.74) is 0.836. The zero-order valence-corrected chi connectivity index (χ0v) is 16.9. The summed E-state index contributed by atoms with van der Waals surface area (Å²) in [4.78, 5) is 27.0. The minimum atomic E-state index is -0.810. The molecule has 0 spiro atoms. The number of methoxy groups -OCH3 is 1. The van der Waals surface area contributed by atoms with Crippen molar-refractivity contribution in [2.45, 2.75) is 19.4 Å². The number of aliphatic hydroxyl groups is 1. The fraction of sp³-hybridized carbons (Fsp3) is 0.304. The Hall–Kier alpha value is -3.19. The number of halogens is 1. The number of amides is 1. The van der Waals surface area contributed by atoms with Gasteiger partial charge in [-0.05, 0) is 48.4 Å². The molecular weight excluding hydrogens is 389 g/mol. The maximum absolute atomic E-state index is 13.3. The highest BCUT2D eigenvalue weighted by Gasteiger charge is 2.45.